The predicted molar refractivity (Wildman–Crippen MR) is 295 cm³/mol. The number of aromatic nitrogens is 4. The number of rotatable bonds is 3. The molecule has 3 aromatic heterocycles. The van der Waals surface area contributed by atoms with Gasteiger partial charge < -0.3 is 9.97 Å². The highest BCUT2D eigenvalue weighted by Gasteiger charge is 2.27. The largest absolute Gasteiger partial charge is 0.354 e. The fourth-order valence-electron chi connectivity index (χ4n) is 9.00. The van der Waals surface area contributed by atoms with Crippen LogP contribution in [0.3, 0.4) is 0 Å². The van der Waals surface area contributed by atoms with E-state index in [-0.39, 0.29) is 32.5 Å². The number of fused-ring (bicyclic) bond motifs is 8. The number of aromatic amines is 2. The highest BCUT2D eigenvalue weighted by atomic mass is 79.9. The second-order valence-electron chi connectivity index (χ2n) is 25.4. The number of nitrogens with zero attached hydrogens (tertiary/aromatic N) is 2. The van der Waals surface area contributed by atoms with Gasteiger partial charge in [-0.1, -0.05) is 179 Å². The van der Waals surface area contributed by atoms with Crippen molar-refractivity contribution in [3.8, 4) is 33.4 Å². The maximum absolute atomic E-state index is 5.73. The van der Waals surface area contributed by atoms with Crippen LogP contribution in [0, 0.1) is 0 Å². The van der Waals surface area contributed by atoms with Crippen molar-refractivity contribution in [3.63, 3.8) is 0 Å². The first-order valence-corrected chi connectivity index (χ1v) is 25.0. The lowest BCUT2D eigenvalue weighted by atomic mass is 9.78. The molecule has 348 valence electrons. The summed E-state index contributed by atoms with van der Waals surface area (Å²) >= 11 is 4.00. The van der Waals surface area contributed by atoms with E-state index in [0.29, 0.717) is 0 Å². The predicted octanol–water partition coefficient (Wildman–Crippen LogP) is 18.2. The minimum absolute atomic E-state index is 0.0606. The molecule has 0 spiro atoms. The molecule has 0 saturated carbocycles. The van der Waals surface area contributed by atoms with Gasteiger partial charge in [0.05, 0.1) is 28.3 Å². The third-order valence-electron chi connectivity index (χ3n) is 13.5. The van der Waals surface area contributed by atoms with E-state index in [0.717, 1.165) is 82.7 Å². The van der Waals surface area contributed by atoms with Crippen molar-refractivity contribution in [3.05, 3.63) is 139 Å². The summed E-state index contributed by atoms with van der Waals surface area (Å²) in [6.07, 6.45) is 8.77. The fraction of sp³-hybridized carbons (Fsp3) is 0.387. The van der Waals surface area contributed by atoms with Crippen molar-refractivity contribution in [2.75, 3.05) is 0 Å². The standard InChI is InChI=1S/C62H73BrN4/c1-57(2,3)39-25-36(26-40(31-39)58(4,5)6)54-47-20-19-45(64-47)34-52-46(63)35-53(67-52)56(38-29-43(61(13,14)15)33-44(30-38)62(16,17)18)51-24-23-50(66-51)55(49-22-21-48(54)65-49)37-27-41(59(7,8)9)32-42(28-37)60(10,11)12/h19-35,65,67H,1-18H3. The molecule has 0 saturated heterocycles. The van der Waals surface area contributed by atoms with Crippen LogP contribution in [0.25, 0.3) is 79.8 Å². The summed E-state index contributed by atoms with van der Waals surface area (Å²) in [5.41, 5.74) is 21.6. The maximum Gasteiger partial charge on any atom is 0.0737 e. The summed E-state index contributed by atoms with van der Waals surface area (Å²) in [5, 5.41) is 0. The van der Waals surface area contributed by atoms with Gasteiger partial charge in [-0.05, 0) is 147 Å². The van der Waals surface area contributed by atoms with Crippen molar-refractivity contribution >= 4 is 62.3 Å². The zero-order valence-corrected chi connectivity index (χ0v) is 45.2. The van der Waals surface area contributed by atoms with E-state index in [9.17, 15) is 0 Å². The van der Waals surface area contributed by atoms with Crippen molar-refractivity contribution in [1.29, 1.82) is 0 Å². The van der Waals surface area contributed by atoms with Crippen LogP contribution in [0.4, 0.5) is 0 Å². The summed E-state index contributed by atoms with van der Waals surface area (Å²) in [5.74, 6) is 0. The normalized spacial score (nSPS) is 13.8. The first-order chi connectivity index (χ1) is 30.8. The molecule has 5 heteroatoms. The SMILES string of the molecule is CC(C)(C)c1cc(-c2c3nc(c(-c4cc(C(C)(C)C)cc(C(C)(C)C)c4)c4ccc([nH]4)c(-c4cc(C(C)(C)C)cc(C(C)(C)C)c4)c4nc(cc5[nH]c2cc5Br)C=C4)C=C3)cc(C(C)(C)C)c1. The Bertz CT molecular complexity index is 3080. The number of benzene rings is 3. The van der Waals surface area contributed by atoms with Crippen LogP contribution >= 0.6 is 15.9 Å². The summed E-state index contributed by atoms with van der Waals surface area (Å²) in [6, 6.07) is 30.4. The van der Waals surface area contributed by atoms with E-state index in [4.69, 9.17) is 9.97 Å². The van der Waals surface area contributed by atoms with Crippen molar-refractivity contribution in [2.24, 2.45) is 0 Å². The number of hydrogen-bond donors (Lipinski definition) is 2. The minimum Gasteiger partial charge on any atom is -0.354 e. The molecule has 0 unspecified atom stereocenters. The average Bonchev–Trinajstić information content (AvgIpc) is 4.03. The molecule has 0 atom stereocenters. The van der Waals surface area contributed by atoms with Gasteiger partial charge in [0.2, 0.25) is 0 Å². The van der Waals surface area contributed by atoms with Crippen LogP contribution in [0.15, 0.2) is 83.3 Å². The molecule has 3 aromatic carbocycles. The molecule has 2 aliphatic heterocycles. The fourth-order valence-corrected chi connectivity index (χ4v) is 9.44. The molecular weight excluding hydrogens is 881 g/mol. The average molecular weight is 954 g/mol. The number of hydrogen-bond acceptors (Lipinski definition) is 2. The van der Waals surface area contributed by atoms with Gasteiger partial charge in [0, 0.05) is 37.7 Å². The van der Waals surface area contributed by atoms with E-state index in [2.05, 4.69) is 254 Å². The Kier molecular flexibility index (Phi) is 11.8. The van der Waals surface area contributed by atoms with Gasteiger partial charge in [-0.15, -0.1) is 0 Å². The number of nitrogens with one attached hydrogen (secondary N) is 2. The Morgan fingerprint density at radius 2 is 0.627 bits per heavy atom. The molecular formula is C62H73BrN4. The summed E-state index contributed by atoms with van der Waals surface area (Å²) in [4.78, 5) is 19.1. The highest BCUT2D eigenvalue weighted by molar-refractivity contribution is 9.10. The molecule has 0 radical (unpaired) electrons. The maximum atomic E-state index is 5.73. The smallest absolute Gasteiger partial charge is 0.0737 e. The molecule has 2 aliphatic rings. The van der Waals surface area contributed by atoms with Crippen LogP contribution in [0.2, 0.25) is 0 Å². The van der Waals surface area contributed by atoms with Gasteiger partial charge in [0.1, 0.15) is 0 Å². The van der Waals surface area contributed by atoms with Crippen molar-refractivity contribution < 1.29 is 0 Å². The summed E-state index contributed by atoms with van der Waals surface area (Å²) in [6.45, 7) is 41.5. The van der Waals surface area contributed by atoms with Crippen LogP contribution in [0.1, 0.15) is 181 Å². The van der Waals surface area contributed by atoms with E-state index in [1.807, 2.05) is 0 Å². The number of H-pyrrole nitrogens is 2. The van der Waals surface area contributed by atoms with E-state index >= 15 is 0 Å². The topological polar surface area (TPSA) is 57.4 Å². The molecule has 67 heavy (non-hydrogen) atoms. The lowest BCUT2D eigenvalue weighted by Crippen LogP contribution is -2.16. The molecule has 6 aromatic rings. The van der Waals surface area contributed by atoms with Crippen LogP contribution < -0.4 is 0 Å². The van der Waals surface area contributed by atoms with Gasteiger partial charge >= 0.3 is 0 Å². The Morgan fingerprint density at radius 1 is 0.328 bits per heavy atom. The first kappa shape index (κ1) is 48.2. The van der Waals surface area contributed by atoms with Gasteiger partial charge in [-0.2, -0.15) is 0 Å². The molecule has 0 aliphatic carbocycles. The van der Waals surface area contributed by atoms with Gasteiger partial charge in [0.25, 0.3) is 0 Å². The van der Waals surface area contributed by atoms with Gasteiger partial charge in [-0.3, -0.25) is 0 Å². The van der Waals surface area contributed by atoms with Crippen molar-refractivity contribution in [1.82, 2.24) is 19.9 Å². The summed E-state index contributed by atoms with van der Waals surface area (Å²) in [7, 11) is 0. The van der Waals surface area contributed by atoms with Gasteiger partial charge in [-0.25, -0.2) is 9.97 Å². The Hall–Kier alpha value is -5.26. The molecule has 8 bridgehead atoms. The molecule has 0 amide bonds. The van der Waals surface area contributed by atoms with Crippen LogP contribution in [-0.4, -0.2) is 19.9 Å². The molecule has 4 nitrogen and oxygen atoms in total. The molecule has 0 fully saturated rings. The third-order valence-corrected chi connectivity index (χ3v) is 14.2. The zero-order valence-electron chi connectivity index (χ0n) is 43.6. The molecule has 2 N–H and O–H groups in total. The van der Waals surface area contributed by atoms with E-state index in [1.54, 1.807) is 0 Å². The van der Waals surface area contributed by atoms with Gasteiger partial charge in [0.15, 0.2) is 0 Å². The lowest BCUT2D eigenvalue weighted by Gasteiger charge is -2.26. The number of halogens is 1. The van der Waals surface area contributed by atoms with Crippen LogP contribution in [0.5, 0.6) is 0 Å². The Morgan fingerprint density at radius 3 is 0.970 bits per heavy atom. The second kappa shape index (κ2) is 16.5. The van der Waals surface area contributed by atoms with E-state index < -0.39 is 0 Å². The lowest BCUT2D eigenvalue weighted by molar-refractivity contribution is 0.568. The van der Waals surface area contributed by atoms with Crippen molar-refractivity contribution in [2.45, 2.75) is 157 Å². The Labute approximate surface area is 410 Å². The second-order valence-corrected chi connectivity index (χ2v) is 26.2. The molecule has 5 heterocycles. The first-order valence-electron chi connectivity index (χ1n) is 24.2. The highest BCUT2D eigenvalue weighted by Crippen LogP contribution is 2.43. The minimum atomic E-state index is -0.0785. The zero-order chi connectivity index (χ0) is 49.0. The van der Waals surface area contributed by atoms with Crippen LogP contribution in [-0.2, 0) is 32.5 Å². The molecule has 8 rings (SSSR count). The Balaban J connectivity index is 1.59. The quantitative estimate of drug-likeness (QED) is 0.185. The third kappa shape index (κ3) is 9.87. The monoisotopic (exact) mass is 953 g/mol. The summed E-state index contributed by atoms with van der Waals surface area (Å²) < 4.78 is 0.968. The van der Waals surface area contributed by atoms with E-state index in [1.165, 1.54) is 33.4 Å².